The molecule has 1 aromatic carbocycles. The molecule has 0 radical (unpaired) electrons. The van der Waals surface area contributed by atoms with Gasteiger partial charge in [-0.3, -0.25) is 4.79 Å². The Balaban J connectivity index is 1.89. The summed E-state index contributed by atoms with van der Waals surface area (Å²) in [6.45, 7) is 5.60. The minimum absolute atomic E-state index is 0.102. The van der Waals surface area contributed by atoms with Gasteiger partial charge >= 0.3 is 0 Å². The molecule has 2 aromatic rings. The fraction of sp³-hybridized carbons (Fsp3) is 0.333. The molecule has 1 N–H and O–H groups in total. The summed E-state index contributed by atoms with van der Waals surface area (Å²) in [4.78, 5) is 19.5. The van der Waals surface area contributed by atoms with Crippen LogP contribution >= 0.6 is 12.6 Å². The van der Waals surface area contributed by atoms with E-state index < -0.39 is 0 Å². The lowest BCUT2D eigenvalue weighted by atomic mass is 9.69. The van der Waals surface area contributed by atoms with Gasteiger partial charge in [-0.2, -0.15) is 0 Å². The van der Waals surface area contributed by atoms with Gasteiger partial charge in [-0.1, -0.05) is 6.08 Å². The van der Waals surface area contributed by atoms with Crippen LogP contribution in [0.3, 0.4) is 0 Å². The summed E-state index contributed by atoms with van der Waals surface area (Å²) >= 11 is 4.37. The van der Waals surface area contributed by atoms with Crippen molar-refractivity contribution in [3.8, 4) is 0 Å². The Morgan fingerprint density at radius 3 is 2.89 bits per heavy atom. The number of anilines is 1. The van der Waals surface area contributed by atoms with Crippen molar-refractivity contribution in [2.45, 2.75) is 35.7 Å². The molecule has 3 heterocycles. The number of rotatable bonds is 3. The van der Waals surface area contributed by atoms with Crippen molar-refractivity contribution in [1.29, 1.82) is 0 Å². The third-order valence-electron chi connectivity index (χ3n) is 5.83. The van der Waals surface area contributed by atoms with E-state index in [0.29, 0.717) is 17.0 Å². The Morgan fingerprint density at radius 2 is 2.19 bits per heavy atom. The molecule has 1 atom stereocenters. The molecule has 0 bridgehead atoms. The lowest BCUT2D eigenvalue weighted by molar-refractivity contribution is 0.0961. The largest absolute Gasteiger partial charge is 0.317 e. The zero-order valence-electron chi connectivity index (χ0n) is 15.0. The highest BCUT2D eigenvalue weighted by atomic mass is 32.1. The van der Waals surface area contributed by atoms with Crippen LogP contribution in [0.4, 0.5) is 10.1 Å². The number of pyridine rings is 1. The van der Waals surface area contributed by atoms with E-state index in [1.807, 2.05) is 11.0 Å². The number of carbonyl (C=O) groups is 1. The quantitative estimate of drug-likeness (QED) is 0.627. The number of fused-ring (bicyclic) bond motifs is 2. The number of amides is 1. The number of halogens is 1. The first-order chi connectivity index (χ1) is 13.1. The van der Waals surface area contributed by atoms with Crippen LogP contribution in [0.25, 0.3) is 0 Å². The van der Waals surface area contributed by atoms with Gasteiger partial charge in [0.2, 0.25) is 0 Å². The van der Waals surface area contributed by atoms with Crippen LogP contribution in [-0.4, -0.2) is 30.0 Å². The molecule has 6 heteroatoms. The first kappa shape index (κ1) is 18.2. The van der Waals surface area contributed by atoms with E-state index >= 15 is 0 Å². The second kappa shape index (κ2) is 7.09. The minimum atomic E-state index is -0.272. The molecule has 1 saturated heterocycles. The van der Waals surface area contributed by atoms with Crippen molar-refractivity contribution in [2.75, 3.05) is 18.0 Å². The molecule has 4 nitrogen and oxygen atoms in total. The average molecular weight is 383 g/mol. The number of nitrogens with one attached hydrogen (secondary N) is 1. The van der Waals surface area contributed by atoms with Crippen molar-refractivity contribution >= 4 is 24.2 Å². The fourth-order valence-electron chi connectivity index (χ4n) is 4.62. The number of benzene rings is 1. The standard InChI is InChI=1S/C21H22FN3OS/c1-2-4-18-21(8-11-23-12-9-21)16-13-14(22)6-7-17(16)25(18)20(26)15-5-3-10-24-19(15)27/h2-3,5-7,10,13,18,23H,1,4,8-9,11-12H2,(H,24,27)/t18-/m1/s1. The van der Waals surface area contributed by atoms with Gasteiger partial charge < -0.3 is 10.2 Å². The first-order valence-corrected chi connectivity index (χ1v) is 9.62. The van der Waals surface area contributed by atoms with Crippen LogP contribution in [0.15, 0.2) is 54.2 Å². The molecule has 2 aliphatic heterocycles. The van der Waals surface area contributed by atoms with Gasteiger partial charge in [-0.25, -0.2) is 9.37 Å². The number of carbonyl (C=O) groups excluding carboxylic acids is 1. The van der Waals surface area contributed by atoms with Gasteiger partial charge in [0, 0.05) is 17.3 Å². The second-order valence-corrected chi connectivity index (χ2v) is 7.58. The summed E-state index contributed by atoms with van der Waals surface area (Å²) < 4.78 is 14.2. The van der Waals surface area contributed by atoms with Crippen molar-refractivity contribution in [3.63, 3.8) is 0 Å². The van der Waals surface area contributed by atoms with Gasteiger partial charge in [-0.05, 0) is 68.2 Å². The van der Waals surface area contributed by atoms with Crippen LogP contribution in [0.2, 0.25) is 0 Å². The molecule has 1 aromatic heterocycles. The Hall–Kier alpha value is -2.18. The Labute approximate surface area is 163 Å². The van der Waals surface area contributed by atoms with Crippen LogP contribution < -0.4 is 10.2 Å². The first-order valence-electron chi connectivity index (χ1n) is 9.17. The number of aromatic nitrogens is 1. The fourth-order valence-corrected chi connectivity index (χ4v) is 4.86. The van der Waals surface area contributed by atoms with E-state index in [4.69, 9.17) is 0 Å². The molecule has 1 fully saturated rings. The minimum Gasteiger partial charge on any atom is -0.317 e. The SMILES string of the molecule is C=CC[C@H]1N(C(=O)c2cccnc2S)c2ccc(F)cc2C12CCNCC2. The maximum Gasteiger partial charge on any atom is 0.261 e. The Morgan fingerprint density at radius 1 is 1.41 bits per heavy atom. The van der Waals surface area contributed by atoms with Crippen LogP contribution in [-0.2, 0) is 5.41 Å². The molecule has 2 aliphatic rings. The maximum absolute atomic E-state index is 14.2. The van der Waals surface area contributed by atoms with E-state index in [0.717, 1.165) is 37.2 Å². The second-order valence-electron chi connectivity index (χ2n) is 7.16. The molecule has 0 unspecified atom stereocenters. The van der Waals surface area contributed by atoms with E-state index in [1.54, 1.807) is 30.5 Å². The summed E-state index contributed by atoms with van der Waals surface area (Å²) in [5.74, 6) is -0.419. The zero-order chi connectivity index (χ0) is 19.0. The van der Waals surface area contributed by atoms with Gasteiger partial charge in [0.15, 0.2) is 0 Å². The molecule has 140 valence electrons. The van der Waals surface area contributed by atoms with E-state index in [1.165, 1.54) is 6.07 Å². The molecule has 4 rings (SSSR count). The Bertz CT molecular complexity index is 895. The number of piperidine rings is 1. The van der Waals surface area contributed by atoms with Gasteiger partial charge in [-0.15, -0.1) is 19.2 Å². The molecule has 1 spiro atoms. The van der Waals surface area contributed by atoms with Crippen molar-refractivity contribution in [1.82, 2.24) is 10.3 Å². The van der Waals surface area contributed by atoms with E-state index in [2.05, 4.69) is 29.5 Å². The molecule has 1 amide bonds. The van der Waals surface area contributed by atoms with Crippen molar-refractivity contribution in [2.24, 2.45) is 0 Å². The normalized spacial score (nSPS) is 20.5. The third-order valence-corrected chi connectivity index (χ3v) is 6.18. The highest BCUT2D eigenvalue weighted by Crippen LogP contribution is 2.52. The summed E-state index contributed by atoms with van der Waals surface area (Å²) in [6, 6.07) is 8.12. The van der Waals surface area contributed by atoms with Crippen LogP contribution in [0.5, 0.6) is 0 Å². The molecule has 0 saturated carbocycles. The summed E-state index contributed by atoms with van der Waals surface area (Å²) in [5.41, 5.74) is 1.89. The van der Waals surface area contributed by atoms with Gasteiger partial charge in [0.1, 0.15) is 10.8 Å². The molecule has 27 heavy (non-hydrogen) atoms. The summed E-state index contributed by atoms with van der Waals surface area (Å²) in [5, 5.41) is 3.78. The smallest absolute Gasteiger partial charge is 0.261 e. The van der Waals surface area contributed by atoms with Gasteiger partial charge in [0.25, 0.3) is 5.91 Å². The highest BCUT2D eigenvalue weighted by molar-refractivity contribution is 7.80. The number of hydrogen-bond donors (Lipinski definition) is 2. The van der Waals surface area contributed by atoms with Crippen molar-refractivity contribution < 1.29 is 9.18 Å². The Kier molecular flexibility index (Phi) is 4.78. The maximum atomic E-state index is 14.2. The lowest BCUT2D eigenvalue weighted by Gasteiger charge is -2.41. The summed E-state index contributed by atoms with van der Waals surface area (Å²) in [7, 11) is 0. The predicted molar refractivity (Wildman–Crippen MR) is 107 cm³/mol. The third kappa shape index (κ3) is 2.87. The average Bonchev–Trinajstić information content (AvgIpc) is 2.92. The van der Waals surface area contributed by atoms with Crippen molar-refractivity contribution in [3.05, 3.63) is 66.1 Å². The number of hydrogen-bond acceptors (Lipinski definition) is 4. The monoisotopic (exact) mass is 383 g/mol. The predicted octanol–water partition coefficient (Wildman–Crippen LogP) is 3.74. The molecular formula is C21H22FN3OS. The van der Waals surface area contributed by atoms with Crippen LogP contribution in [0.1, 0.15) is 35.2 Å². The topological polar surface area (TPSA) is 45.2 Å². The number of nitrogens with zero attached hydrogens (tertiary/aromatic N) is 2. The molecular weight excluding hydrogens is 361 g/mol. The number of thiol groups is 1. The summed E-state index contributed by atoms with van der Waals surface area (Å²) in [6.07, 6.45) is 5.81. The molecule has 0 aliphatic carbocycles. The highest BCUT2D eigenvalue weighted by Gasteiger charge is 2.52. The zero-order valence-corrected chi connectivity index (χ0v) is 15.9. The van der Waals surface area contributed by atoms with E-state index in [-0.39, 0.29) is 23.2 Å². The van der Waals surface area contributed by atoms with Gasteiger partial charge in [0.05, 0.1) is 11.6 Å². The lowest BCUT2D eigenvalue weighted by Crippen LogP contribution is -2.51. The van der Waals surface area contributed by atoms with E-state index in [9.17, 15) is 9.18 Å². The van der Waals surface area contributed by atoms with Crippen LogP contribution in [0, 0.1) is 5.82 Å².